The Balaban J connectivity index is 1.53. The summed E-state index contributed by atoms with van der Waals surface area (Å²) in [4.78, 5) is 25.9. The molecule has 1 atom stereocenters. The first-order valence-corrected chi connectivity index (χ1v) is 7.73. The third-order valence-electron chi connectivity index (χ3n) is 4.38. The Morgan fingerprint density at radius 2 is 2.14 bits per heavy atom. The Hall–Kier alpha value is -2.11. The molecule has 1 aromatic rings. The van der Waals surface area contributed by atoms with Gasteiger partial charge in [-0.15, -0.1) is 0 Å². The molecule has 1 aliphatic carbocycles. The molecule has 0 aromatic heterocycles. The first kappa shape index (κ1) is 14.8. The Bertz CT molecular complexity index is 572. The zero-order chi connectivity index (χ0) is 15.5. The Morgan fingerprint density at radius 3 is 2.86 bits per heavy atom. The lowest BCUT2D eigenvalue weighted by molar-refractivity contribution is -0.122. The topological polar surface area (TPSA) is 61.4 Å². The van der Waals surface area contributed by atoms with Gasteiger partial charge in [-0.2, -0.15) is 0 Å². The van der Waals surface area contributed by atoms with Crippen molar-refractivity contribution in [2.45, 2.75) is 44.3 Å². The molecule has 22 heavy (non-hydrogen) atoms. The van der Waals surface area contributed by atoms with Crippen LogP contribution in [0.15, 0.2) is 24.3 Å². The lowest BCUT2D eigenvalue weighted by atomic mass is 10.2. The van der Waals surface area contributed by atoms with Gasteiger partial charge in [0.15, 0.2) is 0 Å². The molecular formula is C16H20FN3O2. The van der Waals surface area contributed by atoms with Crippen molar-refractivity contribution >= 4 is 11.9 Å². The fourth-order valence-electron chi connectivity index (χ4n) is 3.20. The van der Waals surface area contributed by atoms with Crippen LogP contribution in [0.1, 0.15) is 31.2 Å². The number of hydrogen-bond acceptors (Lipinski definition) is 2. The van der Waals surface area contributed by atoms with E-state index in [0.717, 1.165) is 25.7 Å². The summed E-state index contributed by atoms with van der Waals surface area (Å²) in [6.45, 7) is 0.672. The van der Waals surface area contributed by atoms with E-state index in [-0.39, 0.29) is 30.3 Å². The SMILES string of the molecule is O=C(NCc1cccc(F)c1)C1CN(C2CCCC2)C(=O)N1. The summed E-state index contributed by atoms with van der Waals surface area (Å²) in [6.07, 6.45) is 4.33. The van der Waals surface area contributed by atoms with Crippen molar-refractivity contribution in [1.82, 2.24) is 15.5 Å². The molecule has 2 fully saturated rings. The van der Waals surface area contributed by atoms with Crippen molar-refractivity contribution in [3.05, 3.63) is 35.6 Å². The number of urea groups is 1. The predicted molar refractivity (Wildman–Crippen MR) is 79.5 cm³/mol. The van der Waals surface area contributed by atoms with Crippen molar-refractivity contribution in [3.8, 4) is 0 Å². The van der Waals surface area contributed by atoms with Gasteiger partial charge in [-0.3, -0.25) is 4.79 Å². The van der Waals surface area contributed by atoms with Crippen molar-refractivity contribution in [2.75, 3.05) is 6.54 Å². The second-order valence-electron chi connectivity index (χ2n) is 5.94. The van der Waals surface area contributed by atoms with Crippen LogP contribution in [0.3, 0.4) is 0 Å². The number of nitrogens with zero attached hydrogens (tertiary/aromatic N) is 1. The largest absolute Gasteiger partial charge is 0.350 e. The molecule has 1 aromatic carbocycles. The predicted octanol–water partition coefficient (Wildman–Crippen LogP) is 1.78. The highest BCUT2D eigenvalue weighted by Gasteiger charge is 2.37. The van der Waals surface area contributed by atoms with Crippen molar-refractivity contribution in [1.29, 1.82) is 0 Å². The van der Waals surface area contributed by atoms with Gasteiger partial charge in [0.2, 0.25) is 5.91 Å². The van der Waals surface area contributed by atoms with Gasteiger partial charge in [0.05, 0.1) is 6.54 Å². The standard InChI is InChI=1S/C16H20FN3O2/c17-12-5-3-4-11(8-12)9-18-15(21)14-10-20(16(22)19-14)13-6-1-2-7-13/h3-5,8,13-14H,1-2,6-7,9-10H2,(H,18,21)(H,19,22). The maximum absolute atomic E-state index is 13.1. The lowest BCUT2D eigenvalue weighted by Crippen LogP contribution is -2.42. The molecule has 5 nitrogen and oxygen atoms in total. The van der Waals surface area contributed by atoms with Crippen LogP contribution in [0.2, 0.25) is 0 Å². The number of amides is 3. The van der Waals surface area contributed by atoms with E-state index >= 15 is 0 Å². The van der Waals surface area contributed by atoms with Crippen LogP contribution in [0, 0.1) is 5.82 Å². The van der Waals surface area contributed by atoms with Crippen LogP contribution in [0.5, 0.6) is 0 Å². The number of benzene rings is 1. The van der Waals surface area contributed by atoms with E-state index in [2.05, 4.69) is 10.6 Å². The van der Waals surface area contributed by atoms with Crippen LogP contribution in [-0.2, 0) is 11.3 Å². The Kier molecular flexibility index (Phi) is 4.27. The molecular weight excluding hydrogens is 285 g/mol. The quantitative estimate of drug-likeness (QED) is 0.891. The Morgan fingerprint density at radius 1 is 1.36 bits per heavy atom. The van der Waals surface area contributed by atoms with Gasteiger partial charge in [-0.1, -0.05) is 25.0 Å². The third kappa shape index (κ3) is 3.21. The normalized spacial score (nSPS) is 22.0. The number of carbonyl (C=O) groups is 2. The molecule has 2 N–H and O–H groups in total. The van der Waals surface area contributed by atoms with E-state index in [1.165, 1.54) is 12.1 Å². The highest BCUT2D eigenvalue weighted by molar-refractivity contribution is 5.90. The number of hydrogen-bond donors (Lipinski definition) is 2. The second kappa shape index (κ2) is 6.34. The minimum absolute atomic E-state index is 0.155. The molecule has 3 rings (SSSR count). The molecule has 1 unspecified atom stereocenters. The summed E-state index contributed by atoms with van der Waals surface area (Å²) >= 11 is 0. The number of rotatable bonds is 4. The molecule has 1 saturated carbocycles. The summed E-state index contributed by atoms with van der Waals surface area (Å²) in [5.74, 6) is -0.550. The lowest BCUT2D eigenvalue weighted by Gasteiger charge is -2.22. The van der Waals surface area contributed by atoms with E-state index in [1.54, 1.807) is 17.0 Å². The van der Waals surface area contributed by atoms with Crippen molar-refractivity contribution in [3.63, 3.8) is 0 Å². The van der Waals surface area contributed by atoms with E-state index in [1.807, 2.05) is 0 Å². The van der Waals surface area contributed by atoms with Gasteiger partial charge in [0.25, 0.3) is 0 Å². The van der Waals surface area contributed by atoms with Crippen LogP contribution < -0.4 is 10.6 Å². The number of nitrogens with one attached hydrogen (secondary N) is 2. The summed E-state index contributed by atoms with van der Waals surface area (Å²) in [6, 6.07) is 5.69. The monoisotopic (exact) mass is 305 g/mol. The summed E-state index contributed by atoms with van der Waals surface area (Å²) in [7, 11) is 0. The smallest absolute Gasteiger partial charge is 0.318 e. The highest BCUT2D eigenvalue weighted by Crippen LogP contribution is 2.25. The van der Waals surface area contributed by atoms with Crippen molar-refractivity contribution in [2.24, 2.45) is 0 Å². The minimum Gasteiger partial charge on any atom is -0.350 e. The van der Waals surface area contributed by atoms with E-state index in [4.69, 9.17) is 0 Å². The summed E-state index contributed by atoms with van der Waals surface area (Å²) in [5, 5.41) is 5.48. The van der Waals surface area contributed by atoms with E-state index in [0.29, 0.717) is 12.1 Å². The average Bonchev–Trinajstić information content (AvgIpc) is 3.14. The van der Waals surface area contributed by atoms with Crippen LogP contribution in [0.4, 0.5) is 9.18 Å². The van der Waals surface area contributed by atoms with Gasteiger partial charge < -0.3 is 15.5 Å². The molecule has 0 radical (unpaired) electrons. The molecule has 1 heterocycles. The first-order valence-electron chi connectivity index (χ1n) is 7.73. The molecule has 2 aliphatic rings. The molecule has 1 saturated heterocycles. The number of halogens is 1. The fourth-order valence-corrected chi connectivity index (χ4v) is 3.20. The molecule has 0 spiro atoms. The van der Waals surface area contributed by atoms with Gasteiger partial charge >= 0.3 is 6.03 Å². The fraction of sp³-hybridized carbons (Fsp3) is 0.500. The Labute approximate surface area is 128 Å². The molecule has 0 bridgehead atoms. The maximum Gasteiger partial charge on any atom is 0.318 e. The van der Waals surface area contributed by atoms with Gasteiger partial charge in [0, 0.05) is 12.6 Å². The first-order chi connectivity index (χ1) is 10.6. The molecule has 3 amide bonds. The zero-order valence-electron chi connectivity index (χ0n) is 12.3. The average molecular weight is 305 g/mol. The van der Waals surface area contributed by atoms with Gasteiger partial charge in [-0.05, 0) is 30.5 Å². The van der Waals surface area contributed by atoms with Crippen LogP contribution in [-0.4, -0.2) is 35.5 Å². The minimum atomic E-state index is -0.526. The zero-order valence-corrected chi connectivity index (χ0v) is 12.3. The molecule has 6 heteroatoms. The number of carbonyl (C=O) groups excluding carboxylic acids is 2. The maximum atomic E-state index is 13.1. The van der Waals surface area contributed by atoms with Gasteiger partial charge in [-0.25, -0.2) is 9.18 Å². The van der Waals surface area contributed by atoms with Crippen molar-refractivity contribution < 1.29 is 14.0 Å². The summed E-state index contributed by atoms with van der Waals surface area (Å²) in [5.41, 5.74) is 0.699. The van der Waals surface area contributed by atoms with E-state index in [9.17, 15) is 14.0 Å². The highest BCUT2D eigenvalue weighted by atomic mass is 19.1. The second-order valence-corrected chi connectivity index (χ2v) is 5.94. The van der Waals surface area contributed by atoms with Crippen LogP contribution >= 0.6 is 0 Å². The third-order valence-corrected chi connectivity index (χ3v) is 4.38. The summed E-state index contributed by atoms with van der Waals surface area (Å²) < 4.78 is 13.1. The van der Waals surface area contributed by atoms with E-state index < -0.39 is 6.04 Å². The van der Waals surface area contributed by atoms with Gasteiger partial charge in [0.1, 0.15) is 11.9 Å². The molecule has 118 valence electrons. The van der Waals surface area contributed by atoms with Crippen LogP contribution in [0.25, 0.3) is 0 Å². The molecule has 1 aliphatic heterocycles.